The Morgan fingerprint density at radius 2 is 1.94 bits per heavy atom. The molecule has 2 unspecified atom stereocenters. The van der Waals surface area contributed by atoms with Crippen LogP contribution in [0.1, 0.15) is 23.7 Å². The monoisotopic (exact) mass is 224 g/mol. The van der Waals surface area contributed by atoms with E-state index in [4.69, 9.17) is 9.84 Å². The average Bonchev–Trinajstić information content (AvgIpc) is 2.29. The molecule has 0 aliphatic carbocycles. The zero-order valence-corrected chi connectivity index (χ0v) is 9.17. The van der Waals surface area contributed by atoms with Gasteiger partial charge < -0.3 is 14.9 Å². The van der Waals surface area contributed by atoms with Gasteiger partial charge in [-0.3, -0.25) is 0 Å². The van der Waals surface area contributed by atoms with Gasteiger partial charge in [0.15, 0.2) is 0 Å². The third-order valence-electron chi connectivity index (χ3n) is 2.21. The SMILES string of the molecule is CC(O)C(O)CCOC(=O)c1ccccc1. The zero-order chi connectivity index (χ0) is 12.0. The number of aliphatic hydroxyl groups is 2. The number of hydrogen-bond acceptors (Lipinski definition) is 4. The number of benzene rings is 1. The van der Waals surface area contributed by atoms with Crippen molar-refractivity contribution in [1.29, 1.82) is 0 Å². The third-order valence-corrected chi connectivity index (χ3v) is 2.21. The van der Waals surface area contributed by atoms with E-state index in [-0.39, 0.29) is 13.0 Å². The molecule has 1 aromatic rings. The van der Waals surface area contributed by atoms with Gasteiger partial charge in [-0.1, -0.05) is 18.2 Å². The Labute approximate surface area is 94.5 Å². The van der Waals surface area contributed by atoms with E-state index in [1.54, 1.807) is 24.3 Å². The van der Waals surface area contributed by atoms with Crippen molar-refractivity contribution < 1.29 is 19.7 Å². The Balaban J connectivity index is 2.31. The molecule has 0 saturated carbocycles. The molecular weight excluding hydrogens is 208 g/mol. The molecule has 0 bridgehead atoms. The van der Waals surface area contributed by atoms with E-state index < -0.39 is 18.2 Å². The molecule has 1 aromatic carbocycles. The van der Waals surface area contributed by atoms with E-state index in [0.29, 0.717) is 5.56 Å². The number of ether oxygens (including phenoxy) is 1. The molecule has 2 N–H and O–H groups in total. The van der Waals surface area contributed by atoms with Crippen LogP contribution in [0.5, 0.6) is 0 Å². The minimum absolute atomic E-state index is 0.0970. The summed E-state index contributed by atoms with van der Waals surface area (Å²) < 4.78 is 4.94. The molecule has 1 rings (SSSR count). The molecule has 4 heteroatoms. The number of hydrogen-bond donors (Lipinski definition) is 2. The van der Waals surface area contributed by atoms with Crippen molar-refractivity contribution in [2.24, 2.45) is 0 Å². The van der Waals surface area contributed by atoms with Gasteiger partial charge in [0, 0.05) is 6.42 Å². The van der Waals surface area contributed by atoms with Gasteiger partial charge in [-0.05, 0) is 19.1 Å². The lowest BCUT2D eigenvalue weighted by molar-refractivity contribution is 0.00649. The molecule has 0 amide bonds. The average molecular weight is 224 g/mol. The molecule has 0 heterocycles. The maximum absolute atomic E-state index is 11.4. The molecular formula is C12H16O4. The van der Waals surface area contributed by atoms with Crippen molar-refractivity contribution in [2.45, 2.75) is 25.6 Å². The zero-order valence-electron chi connectivity index (χ0n) is 9.17. The van der Waals surface area contributed by atoms with Gasteiger partial charge in [0.1, 0.15) is 0 Å². The lowest BCUT2D eigenvalue weighted by Crippen LogP contribution is -2.24. The minimum Gasteiger partial charge on any atom is -0.462 e. The van der Waals surface area contributed by atoms with Gasteiger partial charge in [-0.2, -0.15) is 0 Å². The van der Waals surface area contributed by atoms with Gasteiger partial charge in [0.05, 0.1) is 24.4 Å². The molecule has 0 aliphatic heterocycles. The molecule has 0 aromatic heterocycles. The highest BCUT2D eigenvalue weighted by atomic mass is 16.5. The molecule has 0 saturated heterocycles. The van der Waals surface area contributed by atoms with Crippen LogP contribution in [-0.4, -0.2) is 35.0 Å². The summed E-state index contributed by atoms with van der Waals surface area (Å²) >= 11 is 0. The summed E-state index contributed by atoms with van der Waals surface area (Å²) in [5.74, 6) is -0.418. The predicted molar refractivity (Wildman–Crippen MR) is 59.0 cm³/mol. The van der Waals surface area contributed by atoms with Gasteiger partial charge in [-0.25, -0.2) is 4.79 Å². The molecule has 88 valence electrons. The smallest absolute Gasteiger partial charge is 0.338 e. The molecule has 4 nitrogen and oxygen atoms in total. The van der Waals surface area contributed by atoms with Crippen LogP contribution >= 0.6 is 0 Å². The first-order valence-corrected chi connectivity index (χ1v) is 5.19. The first-order chi connectivity index (χ1) is 7.61. The Bertz CT molecular complexity index is 321. The summed E-state index contributed by atoms with van der Waals surface area (Å²) in [6, 6.07) is 8.64. The van der Waals surface area contributed by atoms with Crippen molar-refractivity contribution in [3.63, 3.8) is 0 Å². The minimum atomic E-state index is -0.858. The summed E-state index contributed by atoms with van der Waals surface area (Å²) in [4.78, 5) is 11.4. The van der Waals surface area contributed by atoms with E-state index in [9.17, 15) is 9.90 Å². The van der Waals surface area contributed by atoms with Crippen LogP contribution in [0.3, 0.4) is 0 Å². The Hall–Kier alpha value is -1.39. The van der Waals surface area contributed by atoms with Crippen LogP contribution in [0.2, 0.25) is 0 Å². The Morgan fingerprint density at radius 3 is 2.50 bits per heavy atom. The molecule has 16 heavy (non-hydrogen) atoms. The van der Waals surface area contributed by atoms with Gasteiger partial charge in [0.2, 0.25) is 0 Å². The number of rotatable bonds is 5. The fraction of sp³-hybridized carbons (Fsp3) is 0.417. The number of carbonyl (C=O) groups excluding carboxylic acids is 1. The van der Waals surface area contributed by atoms with E-state index in [0.717, 1.165) is 0 Å². The highest BCUT2D eigenvalue weighted by molar-refractivity contribution is 5.89. The summed E-state index contributed by atoms with van der Waals surface area (Å²) in [7, 11) is 0. The summed E-state index contributed by atoms with van der Waals surface area (Å²) in [6.45, 7) is 1.59. The van der Waals surface area contributed by atoms with Crippen LogP contribution in [-0.2, 0) is 4.74 Å². The molecule has 0 radical (unpaired) electrons. The highest BCUT2D eigenvalue weighted by Crippen LogP contribution is 2.03. The normalized spacial score (nSPS) is 14.2. The Kier molecular flexibility index (Phi) is 4.95. The topological polar surface area (TPSA) is 66.8 Å². The van der Waals surface area contributed by atoms with Crippen LogP contribution in [0.4, 0.5) is 0 Å². The maximum atomic E-state index is 11.4. The van der Waals surface area contributed by atoms with Gasteiger partial charge >= 0.3 is 5.97 Å². The van der Waals surface area contributed by atoms with Crippen molar-refractivity contribution in [3.05, 3.63) is 35.9 Å². The van der Waals surface area contributed by atoms with Crippen molar-refractivity contribution in [3.8, 4) is 0 Å². The summed E-state index contributed by atoms with van der Waals surface area (Å²) in [5.41, 5.74) is 0.481. The first-order valence-electron chi connectivity index (χ1n) is 5.19. The van der Waals surface area contributed by atoms with Gasteiger partial charge in [0.25, 0.3) is 0 Å². The second-order valence-electron chi connectivity index (χ2n) is 3.60. The van der Waals surface area contributed by atoms with E-state index in [1.165, 1.54) is 6.92 Å². The van der Waals surface area contributed by atoms with Crippen LogP contribution in [0.25, 0.3) is 0 Å². The lowest BCUT2D eigenvalue weighted by Gasteiger charge is -2.13. The van der Waals surface area contributed by atoms with Gasteiger partial charge in [-0.15, -0.1) is 0 Å². The number of esters is 1. The van der Waals surface area contributed by atoms with Crippen LogP contribution in [0, 0.1) is 0 Å². The van der Waals surface area contributed by atoms with E-state index >= 15 is 0 Å². The second kappa shape index (κ2) is 6.25. The molecule has 0 fully saturated rings. The van der Waals surface area contributed by atoms with E-state index in [2.05, 4.69) is 0 Å². The van der Waals surface area contributed by atoms with Crippen LogP contribution < -0.4 is 0 Å². The first kappa shape index (κ1) is 12.7. The van der Waals surface area contributed by atoms with E-state index in [1.807, 2.05) is 6.07 Å². The summed E-state index contributed by atoms with van der Waals surface area (Å²) in [5, 5.41) is 18.3. The summed E-state index contributed by atoms with van der Waals surface area (Å²) in [6.07, 6.45) is -1.44. The quantitative estimate of drug-likeness (QED) is 0.731. The second-order valence-corrected chi connectivity index (χ2v) is 3.60. The fourth-order valence-electron chi connectivity index (χ4n) is 1.17. The van der Waals surface area contributed by atoms with Crippen molar-refractivity contribution in [2.75, 3.05) is 6.61 Å². The standard InChI is InChI=1S/C12H16O4/c1-9(13)11(14)7-8-16-12(15)10-5-3-2-4-6-10/h2-6,9,11,13-14H,7-8H2,1H3. The molecule has 2 atom stereocenters. The lowest BCUT2D eigenvalue weighted by atomic mass is 10.2. The predicted octanol–water partition coefficient (Wildman–Crippen LogP) is 0.975. The highest BCUT2D eigenvalue weighted by Gasteiger charge is 2.12. The number of aliphatic hydroxyl groups excluding tert-OH is 2. The van der Waals surface area contributed by atoms with Crippen molar-refractivity contribution >= 4 is 5.97 Å². The largest absolute Gasteiger partial charge is 0.462 e. The van der Waals surface area contributed by atoms with Crippen molar-refractivity contribution in [1.82, 2.24) is 0 Å². The Morgan fingerprint density at radius 1 is 1.31 bits per heavy atom. The number of carbonyl (C=O) groups is 1. The van der Waals surface area contributed by atoms with Crippen LogP contribution in [0.15, 0.2) is 30.3 Å². The fourth-order valence-corrected chi connectivity index (χ4v) is 1.17. The molecule has 0 spiro atoms. The molecule has 0 aliphatic rings. The maximum Gasteiger partial charge on any atom is 0.338 e. The third kappa shape index (κ3) is 4.00.